The van der Waals surface area contributed by atoms with Gasteiger partial charge in [0.2, 0.25) is 5.91 Å². The zero-order valence-electron chi connectivity index (χ0n) is 9.53. The Hall–Kier alpha value is -0.870. The lowest BCUT2D eigenvalue weighted by molar-refractivity contribution is -0.118. The first-order valence-electron chi connectivity index (χ1n) is 5.29. The lowest BCUT2D eigenvalue weighted by Crippen LogP contribution is -2.32. The Kier molecular flexibility index (Phi) is 4.96. The van der Waals surface area contributed by atoms with Crippen LogP contribution in [0.3, 0.4) is 0 Å². The second-order valence-corrected chi connectivity index (χ2v) is 4.93. The van der Waals surface area contributed by atoms with Gasteiger partial charge in [0.15, 0.2) is 0 Å². The maximum Gasteiger partial charge on any atom is 0.218 e. The topological polar surface area (TPSA) is 55.1 Å². The number of benzene rings is 1. The van der Waals surface area contributed by atoms with Crippen LogP contribution < -0.4 is 11.1 Å². The van der Waals surface area contributed by atoms with Gasteiger partial charge in [-0.15, -0.1) is 0 Å². The minimum Gasteiger partial charge on any atom is -0.370 e. The van der Waals surface area contributed by atoms with E-state index in [0.29, 0.717) is 6.42 Å². The van der Waals surface area contributed by atoms with E-state index in [-0.39, 0.29) is 18.0 Å². The first-order chi connectivity index (χ1) is 7.49. The van der Waals surface area contributed by atoms with Gasteiger partial charge < -0.3 is 11.1 Å². The quantitative estimate of drug-likeness (QED) is 0.872. The van der Waals surface area contributed by atoms with E-state index < -0.39 is 0 Å². The zero-order chi connectivity index (χ0) is 12.1. The molecule has 1 rings (SSSR count). The molecule has 0 saturated heterocycles. The summed E-state index contributed by atoms with van der Waals surface area (Å²) >= 11 is 3.44. The summed E-state index contributed by atoms with van der Waals surface area (Å²) in [5.74, 6) is -0.276. The zero-order valence-corrected chi connectivity index (χ0v) is 11.1. The molecule has 0 spiro atoms. The van der Waals surface area contributed by atoms with Crippen molar-refractivity contribution in [1.82, 2.24) is 5.32 Å². The van der Waals surface area contributed by atoms with Crippen LogP contribution in [0, 0.1) is 0 Å². The fourth-order valence-corrected chi connectivity index (χ4v) is 2.08. The van der Waals surface area contributed by atoms with Crippen molar-refractivity contribution in [2.24, 2.45) is 5.73 Å². The molecular formula is C12H17BrN2O. The number of amides is 1. The molecule has 0 fully saturated rings. The molecule has 0 radical (unpaired) electrons. The van der Waals surface area contributed by atoms with E-state index in [1.54, 1.807) is 0 Å². The number of carbonyl (C=O) groups excluding carboxylic acids is 1. The highest BCUT2D eigenvalue weighted by atomic mass is 79.9. The summed E-state index contributed by atoms with van der Waals surface area (Å²) in [5.41, 5.74) is 6.33. The number of rotatable bonds is 5. The minimum absolute atomic E-state index is 0.0893. The highest BCUT2D eigenvalue weighted by Gasteiger charge is 2.11. The predicted octanol–water partition coefficient (Wildman–Crippen LogP) is 2.36. The summed E-state index contributed by atoms with van der Waals surface area (Å²) in [6, 6.07) is 8.39. The van der Waals surface area contributed by atoms with Crippen molar-refractivity contribution in [2.75, 3.05) is 0 Å². The summed E-state index contributed by atoms with van der Waals surface area (Å²) in [7, 11) is 0. The lowest BCUT2D eigenvalue weighted by Gasteiger charge is -2.19. The standard InChI is InChI=1S/C12H17BrN2O/c1-8(6-12(14)16)15-9(2)10-4-3-5-11(13)7-10/h3-5,7-9,15H,6H2,1-2H3,(H2,14,16). The van der Waals surface area contributed by atoms with Gasteiger partial charge in [-0.05, 0) is 31.5 Å². The van der Waals surface area contributed by atoms with Crippen LogP contribution in [0.4, 0.5) is 0 Å². The van der Waals surface area contributed by atoms with Crippen LogP contribution in [0.2, 0.25) is 0 Å². The Morgan fingerprint density at radius 2 is 2.19 bits per heavy atom. The van der Waals surface area contributed by atoms with Gasteiger partial charge >= 0.3 is 0 Å². The molecule has 16 heavy (non-hydrogen) atoms. The third kappa shape index (κ3) is 4.33. The lowest BCUT2D eigenvalue weighted by atomic mass is 10.1. The molecule has 0 bridgehead atoms. The summed E-state index contributed by atoms with van der Waals surface area (Å²) < 4.78 is 1.06. The first kappa shape index (κ1) is 13.2. The van der Waals surface area contributed by atoms with Gasteiger partial charge in [-0.25, -0.2) is 0 Å². The van der Waals surface area contributed by atoms with Crippen LogP contribution in [0.5, 0.6) is 0 Å². The second kappa shape index (κ2) is 6.01. The van der Waals surface area contributed by atoms with Crippen LogP contribution in [0.25, 0.3) is 0 Å². The first-order valence-corrected chi connectivity index (χ1v) is 6.08. The van der Waals surface area contributed by atoms with Gasteiger partial charge in [-0.1, -0.05) is 28.1 Å². The number of hydrogen-bond acceptors (Lipinski definition) is 2. The molecule has 1 aromatic rings. The molecule has 3 nitrogen and oxygen atoms in total. The van der Waals surface area contributed by atoms with Gasteiger partial charge in [0.05, 0.1) is 0 Å². The van der Waals surface area contributed by atoms with Crippen molar-refractivity contribution in [3.63, 3.8) is 0 Å². The maximum absolute atomic E-state index is 10.8. The average Bonchev–Trinajstić information content (AvgIpc) is 2.16. The average molecular weight is 285 g/mol. The minimum atomic E-state index is -0.276. The van der Waals surface area contributed by atoms with E-state index in [2.05, 4.69) is 40.3 Å². The Morgan fingerprint density at radius 3 is 2.75 bits per heavy atom. The molecule has 0 heterocycles. The van der Waals surface area contributed by atoms with Gasteiger partial charge in [0, 0.05) is 23.0 Å². The molecule has 88 valence electrons. The maximum atomic E-state index is 10.8. The van der Waals surface area contributed by atoms with E-state index in [1.165, 1.54) is 5.56 Å². The summed E-state index contributed by atoms with van der Waals surface area (Å²) in [4.78, 5) is 10.8. The smallest absolute Gasteiger partial charge is 0.218 e. The van der Waals surface area contributed by atoms with Gasteiger partial charge in [0.1, 0.15) is 0 Å². The molecule has 4 heteroatoms. The largest absolute Gasteiger partial charge is 0.370 e. The molecule has 0 saturated carbocycles. The fraction of sp³-hybridized carbons (Fsp3) is 0.417. The number of hydrogen-bond donors (Lipinski definition) is 2. The molecule has 0 aliphatic rings. The van der Waals surface area contributed by atoms with Crippen molar-refractivity contribution in [2.45, 2.75) is 32.4 Å². The Labute approximate surface area is 105 Å². The van der Waals surface area contributed by atoms with Crippen molar-refractivity contribution in [1.29, 1.82) is 0 Å². The van der Waals surface area contributed by atoms with Gasteiger partial charge in [-0.2, -0.15) is 0 Å². The van der Waals surface area contributed by atoms with E-state index in [9.17, 15) is 4.79 Å². The van der Waals surface area contributed by atoms with Crippen LogP contribution in [0.15, 0.2) is 28.7 Å². The molecule has 2 atom stereocenters. The summed E-state index contributed by atoms with van der Waals surface area (Å²) in [5, 5.41) is 3.33. The van der Waals surface area contributed by atoms with Crippen LogP contribution in [-0.2, 0) is 4.79 Å². The Morgan fingerprint density at radius 1 is 1.50 bits per heavy atom. The van der Waals surface area contributed by atoms with Crippen molar-refractivity contribution < 1.29 is 4.79 Å². The van der Waals surface area contributed by atoms with Crippen molar-refractivity contribution in [3.05, 3.63) is 34.3 Å². The summed E-state index contributed by atoms with van der Waals surface area (Å²) in [6.45, 7) is 4.03. The van der Waals surface area contributed by atoms with E-state index in [1.807, 2.05) is 19.1 Å². The third-order valence-electron chi connectivity index (χ3n) is 2.39. The molecule has 0 aromatic heterocycles. The molecule has 0 aliphatic heterocycles. The van der Waals surface area contributed by atoms with E-state index >= 15 is 0 Å². The predicted molar refractivity (Wildman–Crippen MR) is 69.0 cm³/mol. The highest BCUT2D eigenvalue weighted by molar-refractivity contribution is 9.10. The van der Waals surface area contributed by atoms with E-state index in [4.69, 9.17) is 5.73 Å². The summed E-state index contributed by atoms with van der Waals surface area (Å²) in [6.07, 6.45) is 0.359. The molecule has 2 unspecified atom stereocenters. The molecular weight excluding hydrogens is 268 g/mol. The number of halogens is 1. The number of nitrogens with two attached hydrogens (primary N) is 1. The SMILES string of the molecule is CC(CC(N)=O)NC(C)c1cccc(Br)c1. The number of carbonyl (C=O) groups is 1. The number of primary amides is 1. The van der Waals surface area contributed by atoms with Crippen LogP contribution in [-0.4, -0.2) is 11.9 Å². The second-order valence-electron chi connectivity index (χ2n) is 4.01. The van der Waals surface area contributed by atoms with Crippen LogP contribution in [0.1, 0.15) is 31.9 Å². The fourth-order valence-electron chi connectivity index (χ4n) is 1.66. The highest BCUT2D eigenvalue weighted by Crippen LogP contribution is 2.18. The third-order valence-corrected chi connectivity index (χ3v) is 2.88. The van der Waals surface area contributed by atoms with Gasteiger partial charge in [-0.3, -0.25) is 4.79 Å². The Balaban J connectivity index is 2.58. The molecule has 1 aromatic carbocycles. The molecule has 3 N–H and O–H groups in total. The van der Waals surface area contributed by atoms with Crippen molar-refractivity contribution >= 4 is 21.8 Å². The number of nitrogens with one attached hydrogen (secondary N) is 1. The van der Waals surface area contributed by atoms with Crippen LogP contribution >= 0.6 is 15.9 Å². The molecule has 1 amide bonds. The van der Waals surface area contributed by atoms with Crippen molar-refractivity contribution in [3.8, 4) is 0 Å². The Bertz CT molecular complexity index is 368. The monoisotopic (exact) mass is 284 g/mol. The van der Waals surface area contributed by atoms with E-state index in [0.717, 1.165) is 4.47 Å². The molecule has 0 aliphatic carbocycles. The van der Waals surface area contributed by atoms with Gasteiger partial charge in [0.25, 0.3) is 0 Å². The normalized spacial score (nSPS) is 14.4.